The van der Waals surface area contributed by atoms with Gasteiger partial charge in [0.1, 0.15) is 11.5 Å². The summed E-state index contributed by atoms with van der Waals surface area (Å²) in [6, 6.07) is 20.5. The van der Waals surface area contributed by atoms with E-state index in [1.54, 1.807) is 12.1 Å². The van der Waals surface area contributed by atoms with Crippen LogP contribution in [0.25, 0.3) is 22.3 Å². The lowest BCUT2D eigenvalue weighted by Gasteiger charge is -2.42. The Bertz CT molecular complexity index is 1310. The molecule has 1 aliphatic rings. The molecule has 214 valence electrons. The minimum atomic E-state index is -1.31. The first-order valence-electron chi connectivity index (χ1n) is 14.7. The van der Waals surface area contributed by atoms with Crippen LogP contribution in [0.1, 0.15) is 78.4 Å². The van der Waals surface area contributed by atoms with E-state index in [1.807, 2.05) is 12.1 Å². The lowest BCUT2D eigenvalue weighted by Crippen LogP contribution is -2.33. The molecule has 5 nitrogen and oxygen atoms in total. The Morgan fingerprint density at radius 1 is 0.800 bits per heavy atom. The van der Waals surface area contributed by atoms with Gasteiger partial charge in [-0.1, -0.05) is 77.9 Å². The molecule has 0 radical (unpaired) electrons. The molecule has 5 heteroatoms. The standard InChI is InChI=1S/C35H45NO4/c1-7-36(8-2)21-9-10-22-39-32-18-14-26(25-11-15-28(16-12-25)40-33(37)38)23-29(32)27-13-17-30-31(24-27)35(5,6)20-19-34(30,3)4/h11-18,23-24H,7-10,19-22H2,1-6H3,(H,37,38). The summed E-state index contributed by atoms with van der Waals surface area (Å²) < 4.78 is 11.2. The van der Waals surface area contributed by atoms with Crippen molar-refractivity contribution in [1.29, 1.82) is 0 Å². The molecule has 0 spiro atoms. The summed E-state index contributed by atoms with van der Waals surface area (Å²) in [5.41, 5.74) is 7.42. The summed E-state index contributed by atoms with van der Waals surface area (Å²) in [6.07, 6.45) is 3.16. The van der Waals surface area contributed by atoms with Crippen LogP contribution in [0.4, 0.5) is 4.79 Å². The van der Waals surface area contributed by atoms with Gasteiger partial charge in [0.25, 0.3) is 0 Å². The Kier molecular flexibility index (Phi) is 9.25. The number of hydrogen-bond donors (Lipinski definition) is 1. The van der Waals surface area contributed by atoms with E-state index < -0.39 is 6.16 Å². The van der Waals surface area contributed by atoms with Gasteiger partial charge >= 0.3 is 6.16 Å². The smallest absolute Gasteiger partial charge is 0.493 e. The van der Waals surface area contributed by atoms with Crippen molar-refractivity contribution in [3.05, 3.63) is 71.8 Å². The molecular formula is C35H45NO4. The van der Waals surface area contributed by atoms with Crippen LogP contribution in [-0.4, -0.2) is 42.4 Å². The average molecular weight is 544 g/mol. The van der Waals surface area contributed by atoms with Crippen molar-refractivity contribution in [2.75, 3.05) is 26.2 Å². The summed E-state index contributed by atoms with van der Waals surface area (Å²) in [6.45, 7) is 17.8. The van der Waals surface area contributed by atoms with Crippen molar-refractivity contribution < 1.29 is 19.4 Å². The third-order valence-electron chi connectivity index (χ3n) is 8.56. The van der Waals surface area contributed by atoms with E-state index in [0.717, 1.165) is 66.9 Å². The number of hydrogen-bond acceptors (Lipinski definition) is 4. The van der Waals surface area contributed by atoms with Crippen molar-refractivity contribution in [2.24, 2.45) is 0 Å². The molecule has 0 unspecified atom stereocenters. The molecule has 0 amide bonds. The molecule has 0 heterocycles. The predicted molar refractivity (Wildman–Crippen MR) is 164 cm³/mol. The van der Waals surface area contributed by atoms with Crippen molar-refractivity contribution in [1.82, 2.24) is 4.90 Å². The number of rotatable bonds is 11. The number of nitrogens with zero attached hydrogens (tertiary/aromatic N) is 1. The fourth-order valence-corrected chi connectivity index (χ4v) is 5.79. The number of fused-ring (bicyclic) bond motifs is 1. The lowest BCUT2D eigenvalue weighted by molar-refractivity contribution is 0.144. The molecule has 0 aliphatic heterocycles. The first-order chi connectivity index (χ1) is 19.0. The number of carbonyl (C=O) groups is 1. The van der Waals surface area contributed by atoms with E-state index in [9.17, 15) is 4.79 Å². The predicted octanol–water partition coefficient (Wildman–Crippen LogP) is 8.93. The van der Waals surface area contributed by atoms with Crippen LogP contribution in [0, 0.1) is 0 Å². The molecule has 0 bridgehead atoms. The van der Waals surface area contributed by atoms with Gasteiger partial charge in [0, 0.05) is 5.56 Å². The van der Waals surface area contributed by atoms with Crippen LogP contribution in [0.2, 0.25) is 0 Å². The van der Waals surface area contributed by atoms with Gasteiger partial charge in [0.2, 0.25) is 0 Å². The van der Waals surface area contributed by atoms with E-state index in [4.69, 9.17) is 14.6 Å². The molecule has 0 fully saturated rings. The molecule has 3 aromatic rings. The Morgan fingerprint density at radius 3 is 2.08 bits per heavy atom. The Labute approximate surface area is 240 Å². The first kappa shape index (κ1) is 29.7. The van der Waals surface area contributed by atoms with E-state index in [2.05, 4.69) is 82.8 Å². The zero-order chi connectivity index (χ0) is 28.9. The molecule has 1 aliphatic carbocycles. The summed E-state index contributed by atoms with van der Waals surface area (Å²) in [5.74, 6) is 1.20. The van der Waals surface area contributed by atoms with Crippen molar-refractivity contribution in [2.45, 2.75) is 78.1 Å². The Hall–Kier alpha value is -3.31. The number of unbranched alkanes of at least 4 members (excludes halogenated alkanes) is 1. The quantitative estimate of drug-likeness (QED) is 0.149. The topological polar surface area (TPSA) is 59.0 Å². The highest BCUT2D eigenvalue weighted by atomic mass is 16.7. The SMILES string of the molecule is CCN(CC)CCCCOc1ccc(-c2ccc(OC(=O)O)cc2)cc1-c1ccc2c(c1)C(C)(C)CCC2(C)C. The van der Waals surface area contributed by atoms with Crippen LogP contribution < -0.4 is 9.47 Å². The highest BCUT2D eigenvalue weighted by Gasteiger charge is 2.37. The second-order valence-electron chi connectivity index (χ2n) is 12.2. The molecule has 0 atom stereocenters. The minimum Gasteiger partial charge on any atom is -0.493 e. The van der Waals surface area contributed by atoms with Gasteiger partial charge in [0.15, 0.2) is 0 Å². The van der Waals surface area contributed by atoms with Gasteiger partial charge in [-0.25, -0.2) is 4.79 Å². The zero-order valence-electron chi connectivity index (χ0n) is 25.0. The minimum absolute atomic E-state index is 0.115. The molecular weight excluding hydrogens is 498 g/mol. The van der Waals surface area contributed by atoms with Crippen molar-refractivity contribution in [3.8, 4) is 33.8 Å². The van der Waals surface area contributed by atoms with E-state index in [1.165, 1.54) is 17.5 Å². The third kappa shape index (κ3) is 6.87. The Balaban J connectivity index is 1.67. The molecule has 1 N–H and O–H groups in total. The first-order valence-corrected chi connectivity index (χ1v) is 14.7. The largest absolute Gasteiger partial charge is 0.511 e. The summed E-state index contributed by atoms with van der Waals surface area (Å²) in [4.78, 5) is 13.4. The summed E-state index contributed by atoms with van der Waals surface area (Å²) in [7, 11) is 0. The van der Waals surface area contributed by atoms with Crippen molar-refractivity contribution >= 4 is 6.16 Å². The molecule has 40 heavy (non-hydrogen) atoms. The lowest BCUT2D eigenvalue weighted by atomic mass is 9.63. The molecule has 4 rings (SSSR count). The van der Waals surface area contributed by atoms with Gasteiger partial charge in [-0.2, -0.15) is 0 Å². The highest BCUT2D eigenvalue weighted by Crippen LogP contribution is 2.47. The molecule has 0 saturated heterocycles. The molecule has 3 aromatic carbocycles. The van der Waals surface area contributed by atoms with Crippen molar-refractivity contribution in [3.63, 3.8) is 0 Å². The van der Waals surface area contributed by atoms with Gasteiger partial charge in [-0.15, -0.1) is 0 Å². The third-order valence-corrected chi connectivity index (χ3v) is 8.56. The second-order valence-corrected chi connectivity index (χ2v) is 12.2. The molecule has 0 saturated carbocycles. The zero-order valence-corrected chi connectivity index (χ0v) is 25.0. The van der Waals surface area contributed by atoms with Gasteiger partial charge in [-0.05, 0) is 108 Å². The summed E-state index contributed by atoms with van der Waals surface area (Å²) in [5, 5.41) is 8.92. The van der Waals surface area contributed by atoms with E-state index in [-0.39, 0.29) is 10.8 Å². The number of carboxylic acid groups (broad SMARTS) is 1. The normalized spacial score (nSPS) is 15.5. The van der Waals surface area contributed by atoms with Crippen LogP contribution in [0.5, 0.6) is 11.5 Å². The van der Waals surface area contributed by atoms with Crippen LogP contribution in [-0.2, 0) is 10.8 Å². The second kappa shape index (κ2) is 12.5. The fraction of sp³-hybridized carbons (Fsp3) is 0.457. The fourth-order valence-electron chi connectivity index (χ4n) is 5.79. The van der Waals surface area contributed by atoms with E-state index in [0.29, 0.717) is 12.4 Å². The maximum absolute atomic E-state index is 10.9. The van der Waals surface area contributed by atoms with Crippen LogP contribution >= 0.6 is 0 Å². The highest BCUT2D eigenvalue weighted by molar-refractivity contribution is 5.79. The molecule has 0 aromatic heterocycles. The van der Waals surface area contributed by atoms with Gasteiger partial charge in [-0.3, -0.25) is 0 Å². The maximum atomic E-state index is 10.9. The Morgan fingerprint density at radius 2 is 1.43 bits per heavy atom. The number of ether oxygens (including phenoxy) is 2. The maximum Gasteiger partial charge on any atom is 0.511 e. The van der Waals surface area contributed by atoms with Crippen LogP contribution in [0.15, 0.2) is 60.7 Å². The monoisotopic (exact) mass is 543 g/mol. The van der Waals surface area contributed by atoms with Crippen LogP contribution in [0.3, 0.4) is 0 Å². The van der Waals surface area contributed by atoms with E-state index >= 15 is 0 Å². The van der Waals surface area contributed by atoms with Gasteiger partial charge < -0.3 is 19.5 Å². The summed E-state index contributed by atoms with van der Waals surface area (Å²) >= 11 is 0. The van der Waals surface area contributed by atoms with Gasteiger partial charge in [0.05, 0.1) is 6.61 Å². The average Bonchev–Trinajstić information content (AvgIpc) is 2.93. The number of benzene rings is 3.